The van der Waals surface area contributed by atoms with Crippen molar-refractivity contribution >= 4 is 32.8 Å². The number of hydrogen-bond donors (Lipinski definition) is 2. The van der Waals surface area contributed by atoms with Crippen molar-refractivity contribution in [1.29, 1.82) is 0 Å². The molecule has 0 radical (unpaired) electrons. The van der Waals surface area contributed by atoms with E-state index in [1.165, 1.54) is 18.2 Å². The highest BCUT2D eigenvalue weighted by molar-refractivity contribution is 7.92. The minimum absolute atomic E-state index is 0.0597. The van der Waals surface area contributed by atoms with Crippen LogP contribution in [0.2, 0.25) is 0 Å². The van der Waals surface area contributed by atoms with Gasteiger partial charge in [-0.2, -0.15) is 4.39 Å². The summed E-state index contributed by atoms with van der Waals surface area (Å²) < 4.78 is 82.1. The Morgan fingerprint density at radius 1 is 0.882 bits per heavy atom. The van der Waals surface area contributed by atoms with E-state index in [1.807, 2.05) is 0 Å². The molecule has 1 aromatic heterocycles. The Kier molecular flexibility index (Phi) is 6.15. The summed E-state index contributed by atoms with van der Waals surface area (Å²) in [6.07, 6.45) is 0. The van der Waals surface area contributed by atoms with Crippen molar-refractivity contribution in [2.45, 2.75) is 4.90 Å². The lowest BCUT2D eigenvalue weighted by Gasteiger charge is -2.12. The quantitative estimate of drug-likeness (QED) is 0.199. The molecule has 34 heavy (non-hydrogen) atoms. The molecule has 5 nitrogen and oxygen atoms in total. The fourth-order valence-corrected chi connectivity index (χ4v) is 5.18. The number of anilines is 1. The van der Waals surface area contributed by atoms with E-state index < -0.39 is 50.4 Å². The monoisotopic (exact) mass is 507 g/mol. The number of sulfonamides is 1. The van der Waals surface area contributed by atoms with E-state index in [4.69, 9.17) is 0 Å². The van der Waals surface area contributed by atoms with Crippen LogP contribution >= 0.6 is 11.3 Å². The van der Waals surface area contributed by atoms with Gasteiger partial charge in [0.1, 0.15) is 5.82 Å². The summed E-state index contributed by atoms with van der Waals surface area (Å²) in [6.45, 7) is 0. The second-order valence-corrected chi connectivity index (χ2v) is 9.75. The van der Waals surface area contributed by atoms with E-state index in [1.54, 1.807) is 18.2 Å². The number of phenolic OH excluding ortho intramolecular Hbond substituents is 1. The first-order valence-corrected chi connectivity index (χ1v) is 11.8. The normalized spacial score (nSPS) is 11.4. The van der Waals surface area contributed by atoms with Gasteiger partial charge in [-0.1, -0.05) is 18.2 Å². The summed E-state index contributed by atoms with van der Waals surface area (Å²) in [7, 11) is -4.07. The third-order valence-electron chi connectivity index (χ3n) is 4.77. The number of hydrogen-bond acceptors (Lipinski definition) is 5. The van der Waals surface area contributed by atoms with Gasteiger partial charge in [0.25, 0.3) is 10.0 Å². The predicted molar refractivity (Wildman–Crippen MR) is 118 cm³/mol. The average molecular weight is 507 g/mol. The van der Waals surface area contributed by atoms with Crippen LogP contribution in [0.15, 0.2) is 71.6 Å². The summed E-state index contributed by atoms with van der Waals surface area (Å²) in [5, 5.41) is 9.38. The van der Waals surface area contributed by atoms with Crippen LogP contribution in [0.3, 0.4) is 0 Å². The number of aromatic hydroxyl groups is 1. The molecule has 4 rings (SSSR count). The fourth-order valence-electron chi connectivity index (χ4n) is 3.10. The van der Waals surface area contributed by atoms with Gasteiger partial charge in [0.05, 0.1) is 21.0 Å². The zero-order chi connectivity index (χ0) is 24.6. The summed E-state index contributed by atoms with van der Waals surface area (Å²) in [4.78, 5) is 12.9. The first-order chi connectivity index (χ1) is 16.1. The number of benzene rings is 3. The molecule has 0 aliphatic carbocycles. The van der Waals surface area contributed by atoms with Crippen LogP contribution in [0.4, 0.5) is 23.2 Å². The molecule has 0 fully saturated rings. The third kappa shape index (κ3) is 4.39. The highest BCUT2D eigenvalue weighted by Gasteiger charge is 2.25. The van der Waals surface area contributed by atoms with Gasteiger partial charge in [-0.05, 0) is 48.5 Å². The Balaban J connectivity index is 1.68. The van der Waals surface area contributed by atoms with Gasteiger partial charge in [0, 0.05) is 10.4 Å². The maximum Gasteiger partial charge on any atom is 0.261 e. The molecular formula is C23H13F4NO4S2. The van der Waals surface area contributed by atoms with E-state index in [9.17, 15) is 35.9 Å². The lowest BCUT2D eigenvalue weighted by Crippen LogP contribution is -2.13. The molecule has 0 aliphatic rings. The molecule has 0 saturated heterocycles. The zero-order valence-electron chi connectivity index (χ0n) is 16.9. The molecule has 0 unspecified atom stereocenters. The molecule has 0 atom stereocenters. The second-order valence-electron chi connectivity index (χ2n) is 6.98. The number of rotatable bonds is 6. The van der Waals surface area contributed by atoms with Crippen molar-refractivity contribution in [3.63, 3.8) is 0 Å². The number of thiophene rings is 1. The summed E-state index contributed by atoms with van der Waals surface area (Å²) in [5.41, 5.74) is -0.315. The number of nitrogens with one attached hydrogen (secondary N) is 1. The topological polar surface area (TPSA) is 83.5 Å². The molecule has 11 heteroatoms. The van der Waals surface area contributed by atoms with Gasteiger partial charge in [-0.25, -0.2) is 21.6 Å². The lowest BCUT2D eigenvalue weighted by molar-refractivity contribution is 0.103. The van der Waals surface area contributed by atoms with E-state index >= 15 is 0 Å². The maximum absolute atomic E-state index is 14.2. The fraction of sp³-hybridized carbons (Fsp3) is 0. The van der Waals surface area contributed by atoms with Gasteiger partial charge in [0.15, 0.2) is 17.4 Å². The van der Waals surface area contributed by atoms with Crippen molar-refractivity contribution in [2.75, 3.05) is 4.72 Å². The summed E-state index contributed by atoms with van der Waals surface area (Å²) in [5.74, 6) is -8.16. The third-order valence-corrected chi connectivity index (χ3v) is 7.27. The Hall–Kier alpha value is -3.70. The average Bonchev–Trinajstić information content (AvgIpc) is 3.30. The van der Waals surface area contributed by atoms with Crippen LogP contribution in [0.5, 0.6) is 5.75 Å². The molecule has 174 valence electrons. The molecule has 0 amide bonds. The molecular weight excluding hydrogens is 494 g/mol. The first kappa shape index (κ1) is 23.5. The van der Waals surface area contributed by atoms with Crippen molar-refractivity contribution < 1.29 is 35.9 Å². The smallest absolute Gasteiger partial charge is 0.261 e. The second kappa shape index (κ2) is 8.92. The first-order valence-electron chi connectivity index (χ1n) is 9.47. The van der Waals surface area contributed by atoms with Crippen molar-refractivity contribution in [2.24, 2.45) is 0 Å². The van der Waals surface area contributed by atoms with Crippen molar-refractivity contribution in [3.8, 4) is 16.2 Å². The van der Waals surface area contributed by atoms with Gasteiger partial charge in [-0.3, -0.25) is 9.52 Å². The van der Waals surface area contributed by atoms with Crippen LogP contribution in [0.25, 0.3) is 10.4 Å². The number of carbonyl (C=O) groups is 1. The van der Waals surface area contributed by atoms with Gasteiger partial charge in [0.2, 0.25) is 11.6 Å². The van der Waals surface area contributed by atoms with Crippen molar-refractivity contribution in [1.82, 2.24) is 0 Å². The number of carbonyl (C=O) groups excluding carboxylic acids is 1. The number of para-hydroxylation sites is 1. The van der Waals surface area contributed by atoms with E-state index in [2.05, 4.69) is 4.72 Å². The number of halogens is 4. The van der Waals surface area contributed by atoms with Gasteiger partial charge < -0.3 is 5.11 Å². The molecule has 1 heterocycles. The number of phenols is 1. The van der Waals surface area contributed by atoms with Crippen molar-refractivity contribution in [3.05, 3.63) is 100 Å². The predicted octanol–water partition coefficient (Wildman–Crippen LogP) is 5.71. The molecule has 2 N–H and O–H groups in total. The van der Waals surface area contributed by atoms with Crippen LogP contribution in [0.1, 0.15) is 15.2 Å². The Labute approximate surface area is 195 Å². The van der Waals surface area contributed by atoms with E-state index in [-0.39, 0.29) is 15.5 Å². The highest BCUT2D eigenvalue weighted by Crippen LogP contribution is 2.36. The highest BCUT2D eigenvalue weighted by atomic mass is 32.2. The Morgan fingerprint density at radius 3 is 2.26 bits per heavy atom. The maximum atomic E-state index is 14.2. The van der Waals surface area contributed by atoms with Gasteiger partial charge in [-0.15, -0.1) is 11.3 Å². The van der Waals surface area contributed by atoms with E-state index in [0.717, 1.165) is 35.6 Å². The largest absolute Gasteiger partial charge is 0.503 e. The summed E-state index contributed by atoms with van der Waals surface area (Å²) in [6, 6.07) is 13.6. The Bertz CT molecular complexity index is 1520. The van der Waals surface area contributed by atoms with Crippen LogP contribution < -0.4 is 4.72 Å². The lowest BCUT2D eigenvalue weighted by atomic mass is 10.1. The van der Waals surface area contributed by atoms with Crippen LogP contribution in [-0.2, 0) is 10.0 Å². The zero-order valence-corrected chi connectivity index (χ0v) is 18.5. The molecule has 0 bridgehead atoms. The molecule has 0 saturated carbocycles. The molecule has 3 aromatic carbocycles. The van der Waals surface area contributed by atoms with Crippen LogP contribution in [0, 0.1) is 23.3 Å². The SMILES string of the molecule is O=C(c1ccc(-c2ccccc2NS(=O)(=O)c2ccc(F)cc2)s1)c1cc(F)c(F)c(O)c1F. The Morgan fingerprint density at radius 2 is 1.56 bits per heavy atom. The van der Waals surface area contributed by atoms with Gasteiger partial charge >= 0.3 is 0 Å². The number of ketones is 1. The minimum Gasteiger partial charge on any atom is -0.503 e. The molecule has 4 aromatic rings. The standard InChI is InChI=1S/C23H13F4NO4S2/c24-12-5-7-13(8-6-12)34(31,32)28-17-4-2-1-3-14(17)18-9-10-19(33-18)22(29)15-11-16(25)21(27)23(30)20(15)26/h1-11,28,30H. The van der Waals surface area contributed by atoms with Crippen LogP contribution in [-0.4, -0.2) is 19.3 Å². The molecule has 0 aliphatic heterocycles. The summed E-state index contributed by atoms with van der Waals surface area (Å²) >= 11 is 0.853. The van der Waals surface area contributed by atoms with E-state index in [0.29, 0.717) is 16.5 Å². The minimum atomic E-state index is -4.07. The molecule has 0 spiro atoms.